The van der Waals surface area contributed by atoms with Crippen molar-refractivity contribution in [2.45, 2.75) is 39.0 Å². The first-order valence-electron chi connectivity index (χ1n) is 10.2. The third kappa shape index (κ3) is 3.77. The van der Waals surface area contributed by atoms with Crippen molar-refractivity contribution < 1.29 is 9.59 Å². The monoisotopic (exact) mass is 389 g/mol. The van der Waals surface area contributed by atoms with Gasteiger partial charge in [0.1, 0.15) is 5.41 Å². The molecular weight excluding hydrogens is 362 g/mol. The largest absolute Gasteiger partial charge is 0.361 e. The number of fused-ring (bicyclic) bond motifs is 1. The fraction of sp³-hybridized carbons (Fsp3) is 0.333. The van der Waals surface area contributed by atoms with E-state index in [2.05, 4.69) is 35.5 Å². The van der Waals surface area contributed by atoms with E-state index in [1.165, 1.54) is 10.9 Å². The smallest absolute Gasteiger partial charge is 0.240 e. The number of para-hydroxylation sites is 2. The number of anilines is 1. The summed E-state index contributed by atoms with van der Waals surface area (Å²) >= 11 is 0. The molecule has 0 atom stereocenters. The van der Waals surface area contributed by atoms with Crippen LogP contribution in [0.5, 0.6) is 0 Å². The molecule has 29 heavy (non-hydrogen) atoms. The lowest BCUT2D eigenvalue weighted by Crippen LogP contribution is -2.40. The Bertz CT molecular complexity index is 1050. The minimum atomic E-state index is -0.926. The van der Waals surface area contributed by atoms with Gasteiger partial charge in [-0.25, -0.2) is 0 Å². The lowest BCUT2D eigenvalue weighted by molar-refractivity contribution is -0.134. The molecule has 5 nitrogen and oxygen atoms in total. The Morgan fingerprint density at radius 1 is 1.03 bits per heavy atom. The van der Waals surface area contributed by atoms with E-state index < -0.39 is 5.41 Å². The fourth-order valence-electron chi connectivity index (χ4n) is 3.86. The maximum absolute atomic E-state index is 12.9. The first-order chi connectivity index (χ1) is 14.0. The summed E-state index contributed by atoms with van der Waals surface area (Å²) in [5, 5.41) is 7.15. The van der Waals surface area contributed by atoms with Crippen LogP contribution in [-0.2, 0) is 16.0 Å². The highest BCUT2D eigenvalue weighted by Crippen LogP contribution is 2.47. The van der Waals surface area contributed by atoms with Crippen molar-refractivity contribution in [1.82, 2.24) is 10.3 Å². The number of hydrogen-bond donors (Lipinski definition) is 3. The highest BCUT2D eigenvalue weighted by Gasteiger charge is 2.56. The zero-order valence-electron chi connectivity index (χ0n) is 16.9. The van der Waals surface area contributed by atoms with Gasteiger partial charge in [0.25, 0.3) is 0 Å². The van der Waals surface area contributed by atoms with Gasteiger partial charge < -0.3 is 15.6 Å². The van der Waals surface area contributed by atoms with Crippen molar-refractivity contribution in [3.05, 3.63) is 65.9 Å². The lowest BCUT2D eigenvalue weighted by atomic mass is 9.99. The molecule has 0 aliphatic heterocycles. The number of amides is 2. The van der Waals surface area contributed by atoms with Crippen molar-refractivity contribution in [2.75, 3.05) is 11.9 Å². The number of nitrogens with one attached hydrogen (secondary N) is 3. The predicted octanol–water partition coefficient (Wildman–Crippen LogP) is 4.37. The summed E-state index contributed by atoms with van der Waals surface area (Å²) in [7, 11) is 0. The average Bonchev–Trinajstić information content (AvgIpc) is 3.44. The molecule has 4 rings (SSSR count). The Morgan fingerprint density at radius 3 is 2.52 bits per heavy atom. The summed E-state index contributed by atoms with van der Waals surface area (Å²) in [5.74, 6) is -0.0706. The Balaban J connectivity index is 1.38. The average molecular weight is 389 g/mol. The number of hydrogen-bond acceptors (Lipinski definition) is 2. The second-order valence-corrected chi connectivity index (χ2v) is 8.14. The summed E-state index contributed by atoms with van der Waals surface area (Å²) < 4.78 is 0. The molecule has 150 valence electrons. The van der Waals surface area contributed by atoms with Crippen molar-refractivity contribution in [2.24, 2.45) is 5.41 Å². The van der Waals surface area contributed by atoms with E-state index in [1.807, 2.05) is 48.7 Å². The number of carbonyl (C=O) groups is 2. The molecule has 1 saturated carbocycles. The summed E-state index contributed by atoms with van der Waals surface area (Å²) in [6.45, 7) is 4.70. The number of carbonyl (C=O) groups excluding carboxylic acids is 2. The minimum absolute atomic E-state index is 0.170. The van der Waals surface area contributed by atoms with Gasteiger partial charge in [0.05, 0.1) is 0 Å². The Kier molecular flexibility index (Phi) is 5.14. The molecule has 0 unspecified atom stereocenters. The van der Waals surface area contributed by atoms with Gasteiger partial charge in [0.15, 0.2) is 0 Å². The van der Waals surface area contributed by atoms with Crippen LogP contribution in [0.4, 0.5) is 5.69 Å². The molecule has 0 radical (unpaired) electrons. The minimum Gasteiger partial charge on any atom is -0.361 e. The molecular formula is C24H27N3O2. The summed E-state index contributed by atoms with van der Waals surface area (Å²) in [6, 6.07) is 15.9. The maximum atomic E-state index is 12.9. The van der Waals surface area contributed by atoms with E-state index in [9.17, 15) is 9.59 Å². The number of aromatic nitrogens is 1. The molecule has 1 aliphatic rings. The topological polar surface area (TPSA) is 74.0 Å². The molecule has 2 amide bonds. The van der Waals surface area contributed by atoms with Gasteiger partial charge in [-0.2, -0.15) is 0 Å². The van der Waals surface area contributed by atoms with Crippen molar-refractivity contribution in [3.8, 4) is 0 Å². The predicted molar refractivity (Wildman–Crippen MR) is 116 cm³/mol. The first kappa shape index (κ1) is 19.2. The third-order valence-corrected chi connectivity index (χ3v) is 5.81. The summed E-state index contributed by atoms with van der Waals surface area (Å²) in [6.07, 6.45) is 3.91. The molecule has 3 N–H and O–H groups in total. The second-order valence-electron chi connectivity index (χ2n) is 8.14. The van der Waals surface area contributed by atoms with Crippen LogP contribution < -0.4 is 10.6 Å². The molecule has 0 spiro atoms. The molecule has 1 aromatic heterocycles. The van der Waals surface area contributed by atoms with Crippen LogP contribution in [-0.4, -0.2) is 23.3 Å². The molecule has 3 aromatic rings. The van der Waals surface area contributed by atoms with Gasteiger partial charge in [-0.05, 0) is 48.4 Å². The molecule has 0 bridgehead atoms. The van der Waals surface area contributed by atoms with E-state index in [-0.39, 0.29) is 11.8 Å². The van der Waals surface area contributed by atoms with Gasteiger partial charge in [-0.15, -0.1) is 0 Å². The fourth-order valence-corrected chi connectivity index (χ4v) is 3.86. The van der Waals surface area contributed by atoms with Crippen LogP contribution in [0, 0.1) is 5.41 Å². The van der Waals surface area contributed by atoms with Crippen LogP contribution >= 0.6 is 0 Å². The van der Waals surface area contributed by atoms with Gasteiger partial charge in [-0.1, -0.05) is 50.2 Å². The summed E-state index contributed by atoms with van der Waals surface area (Å²) in [5.41, 5.74) is 3.21. The normalized spacial score (nSPS) is 14.7. The Morgan fingerprint density at radius 2 is 1.76 bits per heavy atom. The SMILES string of the molecule is CC(C)c1ccccc1NC(=O)C1(C(=O)NCCc2c[nH]c3ccccc23)CC1. The van der Waals surface area contributed by atoms with Crippen LogP contribution in [0.2, 0.25) is 0 Å². The molecule has 1 heterocycles. The molecule has 1 aliphatic carbocycles. The van der Waals surface area contributed by atoms with E-state index in [1.54, 1.807) is 0 Å². The zero-order chi connectivity index (χ0) is 20.4. The first-order valence-corrected chi connectivity index (χ1v) is 10.2. The van der Waals surface area contributed by atoms with Crippen LogP contribution in [0.1, 0.15) is 43.7 Å². The standard InChI is InChI=1S/C24H27N3O2/c1-16(2)18-7-3-6-10-21(18)27-23(29)24(12-13-24)22(28)25-14-11-17-15-26-20-9-5-4-8-19(17)20/h3-10,15-16,26H,11-14H2,1-2H3,(H,25,28)(H,27,29). The van der Waals surface area contributed by atoms with E-state index in [0.717, 1.165) is 23.2 Å². The highest BCUT2D eigenvalue weighted by atomic mass is 16.2. The Labute approximate surface area is 170 Å². The number of aromatic amines is 1. The highest BCUT2D eigenvalue weighted by molar-refractivity contribution is 6.13. The van der Waals surface area contributed by atoms with Gasteiger partial charge >= 0.3 is 0 Å². The zero-order valence-corrected chi connectivity index (χ0v) is 16.9. The quantitative estimate of drug-likeness (QED) is 0.525. The third-order valence-electron chi connectivity index (χ3n) is 5.81. The summed E-state index contributed by atoms with van der Waals surface area (Å²) in [4.78, 5) is 28.9. The van der Waals surface area contributed by atoms with Gasteiger partial charge in [0.2, 0.25) is 11.8 Å². The lowest BCUT2D eigenvalue weighted by Gasteiger charge is -2.18. The van der Waals surface area contributed by atoms with E-state index in [0.29, 0.717) is 25.3 Å². The second kappa shape index (κ2) is 7.74. The van der Waals surface area contributed by atoms with Crippen molar-refractivity contribution in [1.29, 1.82) is 0 Å². The van der Waals surface area contributed by atoms with Crippen molar-refractivity contribution in [3.63, 3.8) is 0 Å². The molecule has 2 aromatic carbocycles. The van der Waals surface area contributed by atoms with Crippen LogP contribution in [0.15, 0.2) is 54.7 Å². The van der Waals surface area contributed by atoms with E-state index in [4.69, 9.17) is 0 Å². The Hall–Kier alpha value is -3.08. The van der Waals surface area contributed by atoms with Gasteiger partial charge in [-0.3, -0.25) is 9.59 Å². The maximum Gasteiger partial charge on any atom is 0.240 e. The van der Waals surface area contributed by atoms with Gasteiger partial charge in [0, 0.05) is 29.3 Å². The van der Waals surface area contributed by atoms with Crippen LogP contribution in [0.25, 0.3) is 10.9 Å². The number of H-pyrrole nitrogens is 1. The molecule has 1 fully saturated rings. The molecule has 0 saturated heterocycles. The van der Waals surface area contributed by atoms with E-state index >= 15 is 0 Å². The van der Waals surface area contributed by atoms with Crippen molar-refractivity contribution >= 4 is 28.4 Å². The number of rotatable bonds is 7. The molecule has 5 heteroatoms. The number of benzene rings is 2. The van der Waals surface area contributed by atoms with Crippen LogP contribution in [0.3, 0.4) is 0 Å².